The van der Waals surface area contributed by atoms with Gasteiger partial charge in [0.15, 0.2) is 0 Å². The summed E-state index contributed by atoms with van der Waals surface area (Å²) in [5.74, 6) is 2.21. The summed E-state index contributed by atoms with van der Waals surface area (Å²) >= 11 is 0. The highest BCUT2D eigenvalue weighted by molar-refractivity contribution is 5.88. The van der Waals surface area contributed by atoms with Crippen molar-refractivity contribution in [1.29, 1.82) is 0 Å². The van der Waals surface area contributed by atoms with Crippen molar-refractivity contribution in [2.75, 3.05) is 29.9 Å². The van der Waals surface area contributed by atoms with Gasteiger partial charge in [-0.05, 0) is 19.9 Å². The average molecular weight is 367 g/mol. The van der Waals surface area contributed by atoms with E-state index in [1.54, 1.807) is 12.4 Å². The van der Waals surface area contributed by atoms with Crippen molar-refractivity contribution in [3.05, 3.63) is 42.4 Å². The fourth-order valence-electron chi connectivity index (χ4n) is 3.50. The van der Waals surface area contributed by atoms with Gasteiger partial charge in [-0.3, -0.25) is 4.98 Å². The van der Waals surface area contributed by atoms with Crippen LogP contribution in [0.4, 0.5) is 16.0 Å². The lowest BCUT2D eigenvalue weighted by Gasteiger charge is -2.37. The number of fused-ring (bicyclic) bond motifs is 1. The number of hydrogen-bond donors (Lipinski definition) is 1. The van der Waals surface area contributed by atoms with Gasteiger partial charge in [0.25, 0.3) is 0 Å². The van der Waals surface area contributed by atoms with Gasteiger partial charge < -0.3 is 10.2 Å². The van der Waals surface area contributed by atoms with Gasteiger partial charge in [-0.2, -0.15) is 0 Å². The third-order valence-corrected chi connectivity index (χ3v) is 4.93. The van der Waals surface area contributed by atoms with Crippen molar-refractivity contribution in [2.24, 2.45) is 0 Å². The zero-order chi connectivity index (χ0) is 18.9. The molecular weight excluding hydrogens is 345 g/mol. The number of hydrogen-bond acceptors (Lipinski definition) is 7. The zero-order valence-electron chi connectivity index (χ0n) is 15.5. The van der Waals surface area contributed by atoms with Crippen LogP contribution in [0.2, 0.25) is 0 Å². The molecule has 1 fully saturated rings. The third kappa shape index (κ3) is 3.79. The molecule has 27 heavy (non-hydrogen) atoms. The molecule has 1 N–H and O–H groups in total. The van der Waals surface area contributed by atoms with Crippen molar-refractivity contribution in [1.82, 2.24) is 24.9 Å². The molecule has 0 unspecified atom stereocenters. The summed E-state index contributed by atoms with van der Waals surface area (Å²) in [7, 11) is 0. The summed E-state index contributed by atoms with van der Waals surface area (Å²) in [4.78, 5) is 23.5. The molecule has 0 amide bonds. The van der Waals surface area contributed by atoms with Gasteiger partial charge in [-0.25, -0.2) is 24.3 Å². The molecule has 0 aromatic carbocycles. The Bertz CT molecular complexity index is 928. The number of pyridine rings is 1. The van der Waals surface area contributed by atoms with Gasteiger partial charge in [0.2, 0.25) is 0 Å². The lowest BCUT2D eigenvalue weighted by molar-refractivity contribution is 0.140. The summed E-state index contributed by atoms with van der Waals surface area (Å²) in [5.41, 5.74) is 0.404. The number of alkyl halides is 1. The minimum Gasteiger partial charge on any atom is -0.367 e. The first-order valence-electron chi connectivity index (χ1n) is 9.07. The van der Waals surface area contributed by atoms with E-state index in [0.29, 0.717) is 37.6 Å². The zero-order valence-corrected chi connectivity index (χ0v) is 15.5. The highest BCUT2D eigenvalue weighted by Gasteiger charge is 2.35. The van der Waals surface area contributed by atoms with Gasteiger partial charge in [0.1, 0.15) is 29.5 Å². The van der Waals surface area contributed by atoms with Crippen molar-refractivity contribution in [3.63, 3.8) is 0 Å². The van der Waals surface area contributed by atoms with Gasteiger partial charge >= 0.3 is 0 Å². The first-order chi connectivity index (χ1) is 13.0. The van der Waals surface area contributed by atoms with Crippen LogP contribution >= 0.6 is 0 Å². The molecule has 1 aliphatic rings. The molecule has 1 aliphatic heterocycles. The SMILES string of the molecule is Cc1cc(NCC2(F)CCN(c3ncnc4cnccc34)CC2)nc(C)n1. The maximum absolute atomic E-state index is 15.3. The van der Waals surface area contributed by atoms with Crippen LogP contribution in [-0.2, 0) is 0 Å². The molecule has 140 valence electrons. The minimum atomic E-state index is -1.27. The molecule has 8 heteroatoms. The monoisotopic (exact) mass is 367 g/mol. The second-order valence-electron chi connectivity index (χ2n) is 7.02. The van der Waals surface area contributed by atoms with E-state index in [0.717, 1.165) is 22.4 Å². The summed E-state index contributed by atoms with van der Waals surface area (Å²) in [6, 6.07) is 3.75. The fraction of sp³-hybridized carbons (Fsp3) is 0.421. The molecule has 0 aliphatic carbocycles. The minimum absolute atomic E-state index is 0.241. The Balaban J connectivity index is 1.43. The number of rotatable bonds is 4. The molecule has 0 spiro atoms. The van der Waals surface area contributed by atoms with E-state index in [1.807, 2.05) is 26.0 Å². The number of aromatic nitrogens is 5. The number of nitrogens with zero attached hydrogens (tertiary/aromatic N) is 6. The lowest BCUT2D eigenvalue weighted by atomic mass is 9.93. The van der Waals surface area contributed by atoms with Crippen LogP contribution in [0, 0.1) is 13.8 Å². The highest BCUT2D eigenvalue weighted by Crippen LogP contribution is 2.31. The molecule has 0 radical (unpaired) electrons. The van der Waals surface area contributed by atoms with Gasteiger partial charge in [0.05, 0.1) is 18.3 Å². The Hall–Kier alpha value is -2.90. The Kier molecular flexibility index (Phi) is 4.55. The number of nitrogens with one attached hydrogen (secondary N) is 1. The van der Waals surface area contributed by atoms with Crippen LogP contribution in [0.5, 0.6) is 0 Å². The molecule has 4 rings (SSSR count). The molecule has 0 atom stereocenters. The molecule has 3 aromatic rings. The third-order valence-electron chi connectivity index (χ3n) is 4.93. The van der Waals surface area contributed by atoms with E-state index in [2.05, 4.69) is 35.1 Å². The van der Waals surface area contributed by atoms with Crippen LogP contribution < -0.4 is 10.2 Å². The maximum Gasteiger partial charge on any atom is 0.139 e. The van der Waals surface area contributed by atoms with E-state index >= 15 is 4.39 Å². The Labute approximate surface area is 157 Å². The van der Waals surface area contributed by atoms with E-state index in [9.17, 15) is 0 Å². The van der Waals surface area contributed by atoms with Crippen molar-refractivity contribution < 1.29 is 4.39 Å². The highest BCUT2D eigenvalue weighted by atomic mass is 19.1. The lowest BCUT2D eigenvalue weighted by Crippen LogP contribution is -2.46. The smallest absolute Gasteiger partial charge is 0.139 e. The fourth-order valence-corrected chi connectivity index (χ4v) is 3.50. The average Bonchev–Trinajstić information content (AvgIpc) is 2.66. The largest absolute Gasteiger partial charge is 0.367 e. The number of halogens is 1. The molecule has 7 nitrogen and oxygen atoms in total. The summed E-state index contributed by atoms with van der Waals surface area (Å²) in [5, 5.41) is 4.09. The Morgan fingerprint density at radius 3 is 2.78 bits per heavy atom. The van der Waals surface area contributed by atoms with E-state index in [-0.39, 0.29) is 6.54 Å². The van der Waals surface area contributed by atoms with E-state index in [1.165, 1.54) is 6.33 Å². The summed E-state index contributed by atoms with van der Waals surface area (Å²) in [6.07, 6.45) is 5.85. The predicted octanol–water partition coefficient (Wildman–Crippen LogP) is 2.85. The van der Waals surface area contributed by atoms with Gasteiger partial charge in [-0.1, -0.05) is 0 Å². The second-order valence-corrected chi connectivity index (χ2v) is 7.02. The number of aryl methyl sites for hydroxylation is 2. The number of piperidine rings is 1. The molecular formula is C19H22FN7. The van der Waals surface area contributed by atoms with Crippen molar-refractivity contribution >= 4 is 22.5 Å². The first-order valence-corrected chi connectivity index (χ1v) is 9.07. The van der Waals surface area contributed by atoms with E-state index in [4.69, 9.17) is 0 Å². The van der Waals surface area contributed by atoms with Crippen molar-refractivity contribution in [3.8, 4) is 0 Å². The molecule has 4 heterocycles. The normalized spacial score (nSPS) is 16.5. The topological polar surface area (TPSA) is 79.7 Å². The molecule has 0 bridgehead atoms. The van der Waals surface area contributed by atoms with Gasteiger partial charge in [0, 0.05) is 49.3 Å². The quantitative estimate of drug-likeness (QED) is 0.759. The Morgan fingerprint density at radius 1 is 1.19 bits per heavy atom. The van der Waals surface area contributed by atoms with Crippen LogP contribution in [0.3, 0.4) is 0 Å². The first kappa shape index (κ1) is 17.5. The summed E-state index contributed by atoms with van der Waals surface area (Å²) < 4.78 is 15.3. The van der Waals surface area contributed by atoms with Crippen LogP contribution in [0.1, 0.15) is 24.4 Å². The second kappa shape index (κ2) is 7.02. The Morgan fingerprint density at radius 2 is 2.00 bits per heavy atom. The molecule has 3 aromatic heterocycles. The standard InChI is InChI=1S/C19H22FN7/c1-13-9-17(26-14(2)25-13)22-11-19(20)4-7-27(8-5-19)18-15-3-6-21-10-16(15)23-12-24-18/h3,6,9-10,12H,4-5,7-8,11H2,1-2H3,(H,22,25,26). The van der Waals surface area contributed by atoms with Crippen molar-refractivity contribution in [2.45, 2.75) is 32.4 Å². The number of anilines is 2. The van der Waals surface area contributed by atoms with Crippen LogP contribution in [0.25, 0.3) is 10.9 Å². The van der Waals surface area contributed by atoms with Crippen LogP contribution in [0.15, 0.2) is 30.9 Å². The molecule has 1 saturated heterocycles. The molecule has 0 saturated carbocycles. The van der Waals surface area contributed by atoms with E-state index < -0.39 is 5.67 Å². The van der Waals surface area contributed by atoms with Gasteiger partial charge in [-0.15, -0.1) is 0 Å². The maximum atomic E-state index is 15.3. The summed E-state index contributed by atoms with van der Waals surface area (Å²) in [6.45, 7) is 5.20. The van der Waals surface area contributed by atoms with Crippen LogP contribution in [-0.4, -0.2) is 50.2 Å². The predicted molar refractivity (Wildman–Crippen MR) is 103 cm³/mol.